The Morgan fingerprint density at radius 2 is 1.93 bits per heavy atom. The summed E-state index contributed by atoms with van der Waals surface area (Å²) in [6, 6.07) is 9.93. The van der Waals surface area contributed by atoms with Crippen molar-refractivity contribution in [3.63, 3.8) is 0 Å². The molecular formula is C12H17NO. The molecule has 0 fully saturated rings. The maximum absolute atomic E-state index is 7.55. The van der Waals surface area contributed by atoms with Gasteiger partial charge in [-0.1, -0.05) is 44.2 Å². The Morgan fingerprint density at radius 1 is 1.29 bits per heavy atom. The first-order valence-corrected chi connectivity index (χ1v) is 4.92. The van der Waals surface area contributed by atoms with Gasteiger partial charge in [0.05, 0.1) is 0 Å². The molecule has 0 atom stereocenters. The van der Waals surface area contributed by atoms with Crippen LogP contribution in [-0.4, -0.2) is 5.90 Å². The van der Waals surface area contributed by atoms with Crippen molar-refractivity contribution >= 4 is 5.90 Å². The number of benzene rings is 1. The SMILES string of the molecule is CC(C)CC(=N)OCc1ccccc1. The molecule has 0 aliphatic carbocycles. The van der Waals surface area contributed by atoms with E-state index in [1.54, 1.807) is 0 Å². The minimum atomic E-state index is 0.379. The van der Waals surface area contributed by atoms with Crippen molar-refractivity contribution < 1.29 is 4.74 Å². The fraction of sp³-hybridized carbons (Fsp3) is 0.417. The lowest BCUT2D eigenvalue weighted by Gasteiger charge is -2.08. The van der Waals surface area contributed by atoms with Crippen LogP contribution in [0.1, 0.15) is 25.8 Å². The lowest BCUT2D eigenvalue weighted by Crippen LogP contribution is -2.06. The van der Waals surface area contributed by atoms with Gasteiger partial charge in [0.2, 0.25) is 0 Å². The van der Waals surface area contributed by atoms with Gasteiger partial charge in [-0.05, 0) is 11.5 Å². The number of hydrogen-bond acceptors (Lipinski definition) is 2. The molecule has 0 unspecified atom stereocenters. The molecule has 14 heavy (non-hydrogen) atoms. The van der Waals surface area contributed by atoms with Crippen molar-refractivity contribution in [1.82, 2.24) is 0 Å². The minimum Gasteiger partial charge on any atom is -0.476 e. The Balaban J connectivity index is 2.31. The molecule has 0 aliphatic rings. The second-order valence-electron chi connectivity index (χ2n) is 3.80. The van der Waals surface area contributed by atoms with Crippen LogP contribution >= 0.6 is 0 Å². The first-order chi connectivity index (χ1) is 6.68. The van der Waals surface area contributed by atoms with E-state index in [2.05, 4.69) is 13.8 Å². The second-order valence-corrected chi connectivity index (χ2v) is 3.80. The zero-order chi connectivity index (χ0) is 10.4. The van der Waals surface area contributed by atoms with Gasteiger partial charge in [-0.2, -0.15) is 0 Å². The monoisotopic (exact) mass is 191 g/mol. The lowest BCUT2D eigenvalue weighted by atomic mass is 10.1. The molecule has 0 aromatic heterocycles. The second kappa shape index (κ2) is 5.43. The Labute approximate surface area is 85.4 Å². The standard InChI is InChI=1S/C12H17NO/c1-10(2)8-12(13)14-9-11-6-4-3-5-7-11/h3-7,10,13H,8-9H2,1-2H3. The summed E-state index contributed by atoms with van der Waals surface area (Å²) >= 11 is 0. The van der Waals surface area contributed by atoms with E-state index in [0.717, 1.165) is 5.56 Å². The van der Waals surface area contributed by atoms with Crippen LogP contribution in [0.2, 0.25) is 0 Å². The molecule has 0 spiro atoms. The number of nitrogens with one attached hydrogen (secondary N) is 1. The summed E-state index contributed by atoms with van der Waals surface area (Å²) in [5.74, 6) is 0.863. The first-order valence-electron chi connectivity index (χ1n) is 4.92. The van der Waals surface area contributed by atoms with Crippen LogP contribution in [0.25, 0.3) is 0 Å². The molecule has 2 nitrogen and oxygen atoms in total. The smallest absolute Gasteiger partial charge is 0.181 e. The molecule has 1 N–H and O–H groups in total. The zero-order valence-electron chi connectivity index (χ0n) is 8.79. The molecule has 0 aliphatic heterocycles. The normalized spacial score (nSPS) is 10.2. The van der Waals surface area contributed by atoms with Gasteiger partial charge in [0.1, 0.15) is 6.61 Å². The highest BCUT2D eigenvalue weighted by atomic mass is 16.5. The van der Waals surface area contributed by atoms with Crippen LogP contribution in [0.4, 0.5) is 0 Å². The third-order valence-electron chi connectivity index (χ3n) is 1.85. The average Bonchev–Trinajstić information content (AvgIpc) is 2.15. The van der Waals surface area contributed by atoms with Crippen molar-refractivity contribution in [2.24, 2.45) is 5.92 Å². The fourth-order valence-corrected chi connectivity index (χ4v) is 1.17. The summed E-state index contributed by atoms with van der Waals surface area (Å²) in [6.45, 7) is 4.67. The summed E-state index contributed by atoms with van der Waals surface area (Å²) in [7, 11) is 0. The van der Waals surface area contributed by atoms with Crippen molar-refractivity contribution in [1.29, 1.82) is 5.41 Å². The van der Waals surface area contributed by atoms with Gasteiger partial charge in [0.15, 0.2) is 5.90 Å². The van der Waals surface area contributed by atoms with E-state index in [0.29, 0.717) is 24.8 Å². The molecule has 0 bridgehead atoms. The molecule has 1 aromatic rings. The van der Waals surface area contributed by atoms with Gasteiger partial charge in [0.25, 0.3) is 0 Å². The Bertz CT molecular complexity index is 280. The highest BCUT2D eigenvalue weighted by molar-refractivity contribution is 5.72. The predicted molar refractivity (Wildman–Crippen MR) is 58.4 cm³/mol. The quantitative estimate of drug-likeness (QED) is 0.575. The molecule has 0 heterocycles. The van der Waals surface area contributed by atoms with Gasteiger partial charge in [0, 0.05) is 6.42 Å². The molecule has 76 valence electrons. The van der Waals surface area contributed by atoms with Crippen molar-refractivity contribution in [2.45, 2.75) is 26.9 Å². The van der Waals surface area contributed by atoms with Gasteiger partial charge in [-0.3, -0.25) is 5.41 Å². The molecule has 0 saturated heterocycles. The van der Waals surface area contributed by atoms with Gasteiger partial charge < -0.3 is 4.74 Å². The predicted octanol–water partition coefficient (Wildman–Crippen LogP) is 3.23. The Morgan fingerprint density at radius 3 is 2.50 bits per heavy atom. The number of rotatable bonds is 4. The molecule has 0 radical (unpaired) electrons. The van der Waals surface area contributed by atoms with Crippen LogP contribution in [0.15, 0.2) is 30.3 Å². The van der Waals surface area contributed by atoms with Crippen LogP contribution < -0.4 is 0 Å². The maximum Gasteiger partial charge on any atom is 0.181 e. The fourth-order valence-electron chi connectivity index (χ4n) is 1.17. The zero-order valence-corrected chi connectivity index (χ0v) is 8.79. The molecule has 2 heteroatoms. The Hall–Kier alpha value is -1.31. The number of hydrogen-bond donors (Lipinski definition) is 1. The summed E-state index contributed by atoms with van der Waals surface area (Å²) in [6.07, 6.45) is 0.715. The summed E-state index contributed by atoms with van der Waals surface area (Å²) in [5.41, 5.74) is 1.11. The van der Waals surface area contributed by atoms with Crippen LogP contribution in [-0.2, 0) is 11.3 Å². The van der Waals surface area contributed by atoms with E-state index in [-0.39, 0.29) is 0 Å². The summed E-state index contributed by atoms with van der Waals surface area (Å²) < 4.78 is 5.32. The first kappa shape index (κ1) is 10.8. The van der Waals surface area contributed by atoms with E-state index in [1.165, 1.54) is 0 Å². The lowest BCUT2D eigenvalue weighted by molar-refractivity contribution is 0.275. The maximum atomic E-state index is 7.55. The molecule has 0 saturated carbocycles. The molecular weight excluding hydrogens is 174 g/mol. The van der Waals surface area contributed by atoms with Gasteiger partial charge in [-0.25, -0.2) is 0 Å². The van der Waals surface area contributed by atoms with Gasteiger partial charge in [-0.15, -0.1) is 0 Å². The van der Waals surface area contributed by atoms with E-state index in [9.17, 15) is 0 Å². The summed E-state index contributed by atoms with van der Waals surface area (Å²) in [5, 5.41) is 7.55. The van der Waals surface area contributed by atoms with E-state index in [4.69, 9.17) is 10.1 Å². The highest BCUT2D eigenvalue weighted by Gasteiger charge is 2.01. The third-order valence-corrected chi connectivity index (χ3v) is 1.85. The Kier molecular flexibility index (Phi) is 4.17. The van der Waals surface area contributed by atoms with E-state index >= 15 is 0 Å². The van der Waals surface area contributed by atoms with Crippen LogP contribution in [0.3, 0.4) is 0 Å². The molecule has 1 rings (SSSR count). The van der Waals surface area contributed by atoms with Crippen molar-refractivity contribution in [3.05, 3.63) is 35.9 Å². The van der Waals surface area contributed by atoms with Crippen LogP contribution in [0, 0.1) is 11.3 Å². The summed E-state index contributed by atoms with van der Waals surface area (Å²) in [4.78, 5) is 0. The largest absolute Gasteiger partial charge is 0.476 e. The van der Waals surface area contributed by atoms with Gasteiger partial charge >= 0.3 is 0 Å². The molecule has 0 amide bonds. The van der Waals surface area contributed by atoms with Crippen LogP contribution in [0.5, 0.6) is 0 Å². The minimum absolute atomic E-state index is 0.379. The third kappa shape index (κ3) is 4.08. The van der Waals surface area contributed by atoms with E-state index in [1.807, 2.05) is 30.3 Å². The van der Waals surface area contributed by atoms with E-state index < -0.39 is 0 Å². The highest BCUT2D eigenvalue weighted by Crippen LogP contribution is 2.05. The van der Waals surface area contributed by atoms with Crippen molar-refractivity contribution in [3.8, 4) is 0 Å². The topological polar surface area (TPSA) is 33.1 Å². The molecule has 1 aromatic carbocycles. The van der Waals surface area contributed by atoms with Crippen molar-refractivity contribution in [2.75, 3.05) is 0 Å². The number of ether oxygens (including phenoxy) is 1. The average molecular weight is 191 g/mol.